The van der Waals surface area contributed by atoms with Gasteiger partial charge in [0.2, 0.25) is 0 Å². The number of carbonyl (C=O) groups is 2. The molecule has 1 atom stereocenters. The van der Waals surface area contributed by atoms with E-state index in [1.165, 1.54) is 0 Å². The average molecular weight is 287 g/mol. The van der Waals surface area contributed by atoms with Crippen LogP contribution in [0.1, 0.15) is 12.8 Å². The Morgan fingerprint density at radius 3 is 2.80 bits per heavy atom. The summed E-state index contributed by atoms with van der Waals surface area (Å²) >= 11 is 0. The lowest BCUT2D eigenvalue weighted by molar-refractivity contribution is -0.143. The molecule has 1 saturated heterocycles. The number of aliphatic carboxylic acids is 1. The molecule has 1 aliphatic rings. The molecule has 0 radical (unpaired) electrons. The maximum atomic E-state index is 11.9. The fourth-order valence-corrected chi connectivity index (χ4v) is 2.05. The molecule has 2 amide bonds. The first-order valence-corrected chi connectivity index (χ1v) is 6.98. The second kappa shape index (κ2) is 8.76. The number of carbonyl (C=O) groups excluding carboxylic acids is 1. The maximum absolute atomic E-state index is 11.9. The van der Waals surface area contributed by atoms with Crippen LogP contribution in [-0.2, 0) is 9.53 Å². The van der Waals surface area contributed by atoms with Crippen LogP contribution in [0, 0.1) is 5.92 Å². The van der Waals surface area contributed by atoms with Crippen LogP contribution in [0.4, 0.5) is 4.79 Å². The second-order valence-electron chi connectivity index (χ2n) is 5.27. The van der Waals surface area contributed by atoms with Crippen molar-refractivity contribution in [1.82, 2.24) is 15.1 Å². The number of nitrogens with one attached hydrogen (secondary N) is 1. The van der Waals surface area contributed by atoms with E-state index in [1.54, 1.807) is 4.90 Å². The molecule has 1 heterocycles. The van der Waals surface area contributed by atoms with Gasteiger partial charge in [-0.25, -0.2) is 4.79 Å². The van der Waals surface area contributed by atoms with E-state index in [4.69, 9.17) is 9.84 Å². The Bertz CT molecular complexity index is 323. The molecule has 0 unspecified atom stereocenters. The highest BCUT2D eigenvalue weighted by Crippen LogP contribution is 2.16. The molecule has 0 aromatic heterocycles. The van der Waals surface area contributed by atoms with E-state index < -0.39 is 11.9 Å². The fourth-order valence-electron chi connectivity index (χ4n) is 2.05. The number of ether oxygens (including phenoxy) is 1. The van der Waals surface area contributed by atoms with Crippen molar-refractivity contribution < 1.29 is 19.4 Å². The van der Waals surface area contributed by atoms with Gasteiger partial charge in [-0.05, 0) is 26.9 Å². The van der Waals surface area contributed by atoms with E-state index in [1.807, 2.05) is 19.0 Å². The molecule has 0 saturated carbocycles. The first-order valence-electron chi connectivity index (χ1n) is 6.98. The predicted molar refractivity (Wildman–Crippen MR) is 74.7 cm³/mol. The van der Waals surface area contributed by atoms with Gasteiger partial charge in [0.15, 0.2) is 0 Å². The lowest BCUT2D eigenvalue weighted by Crippen LogP contribution is -2.47. The number of likely N-dealkylation sites (N-methyl/N-ethyl adjacent to an activating group) is 1. The van der Waals surface area contributed by atoms with Crippen molar-refractivity contribution >= 4 is 12.0 Å². The summed E-state index contributed by atoms with van der Waals surface area (Å²) in [6.07, 6.45) is 1.39. The van der Waals surface area contributed by atoms with Crippen molar-refractivity contribution in [2.45, 2.75) is 12.8 Å². The molecule has 1 aliphatic heterocycles. The molecular weight excluding hydrogens is 262 g/mol. The van der Waals surface area contributed by atoms with Crippen LogP contribution in [0.25, 0.3) is 0 Å². The predicted octanol–water partition coefficient (Wildman–Crippen LogP) is 0.0708. The Balaban J connectivity index is 2.14. The van der Waals surface area contributed by atoms with Gasteiger partial charge in [0.25, 0.3) is 0 Å². The van der Waals surface area contributed by atoms with Gasteiger partial charge in [0, 0.05) is 26.2 Å². The van der Waals surface area contributed by atoms with Gasteiger partial charge >= 0.3 is 12.0 Å². The van der Waals surface area contributed by atoms with Crippen molar-refractivity contribution in [2.75, 3.05) is 53.5 Å². The van der Waals surface area contributed by atoms with Gasteiger partial charge in [-0.2, -0.15) is 0 Å². The lowest BCUT2D eigenvalue weighted by Gasteiger charge is -2.30. The number of hydrogen-bond acceptors (Lipinski definition) is 4. The monoisotopic (exact) mass is 287 g/mol. The van der Waals surface area contributed by atoms with Crippen LogP contribution in [0.2, 0.25) is 0 Å². The van der Waals surface area contributed by atoms with Gasteiger partial charge in [-0.15, -0.1) is 0 Å². The Morgan fingerprint density at radius 2 is 2.15 bits per heavy atom. The summed E-state index contributed by atoms with van der Waals surface area (Å²) in [4.78, 5) is 26.4. The van der Waals surface area contributed by atoms with Gasteiger partial charge in [0.05, 0.1) is 19.1 Å². The van der Waals surface area contributed by atoms with Crippen LogP contribution < -0.4 is 5.32 Å². The smallest absolute Gasteiger partial charge is 0.317 e. The first-order chi connectivity index (χ1) is 9.50. The molecule has 2 N–H and O–H groups in total. The van der Waals surface area contributed by atoms with E-state index in [0.29, 0.717) is 39.3 Å². The zero-order chi connectivity index (χ0) is 15.0. The molecule has 7 heteroatoms. The second-order valence-corrected chi connectivity index (χ2v) is 5.27. The van der Waals surface area contributed by atoms with Gasteiger partial charge < -0.3 is 25.0 Å². The molecule has 0 aromatic carbocycles. The number of piperidine rings is 1. The summed E-state index contributed by atoms with van der Waals surface area (Å²) in [5.41, 5.74) is 0. The van der Waals surface area contributed by atoms with E-state index in [0.717, 1.165) is 13.0 Å². The van der Waals surface area contributed by atoms with Crippen LogP contribution >= 0.6 is 0 Å². The Kier molecular flexibility index (Phi) is 7.32. The Morgan fingerprint density at radius 1 is 1.40 bits per heavy atom. The van der Waals surface area contributed by atoms with Crippen LogP contribution in [0.5, 0.6) is 0 Å². The molecule has 0 aliphatic carbocycles. The van der Waals surface area contributed by atoms with Gasteiger partial charge in [-0.1, -0.05) is 0 Å². The topological polar surface area (TPSA) is 82.1 Å². The van der Waals surface area contributed by atoms with E-state index >= 15 is 0 Å². The van der Waals surface area contributed by atoms with Crippen molar-refractivity contribution in [1.29, 1.82) is 0 Å². The number of carboxylic acids is 1. The third-order valence-corrected chi connectivity index (χ3v) is 3.26. The number of nitrogens with zero attached hydrogens (tertiary/aromatic N) is 2. The highest BCUT2D eigenvalue weighted by molar-refractivity contribution is 5.76. The van der Waals surface area contributed by atoms with Crippen molar-refractivity contribution in [3.05, 3.63) is 0 Å². The summed E-state index contributed by atoms with van der Waals surface area (Å²) in [7, 11) is 3.95. The number of urea groups is 1. The minimum Gasteiger partial charge on any atom is -0.481 e. The van der Waals surface area contributed by atoms with Crippen LogP contribution in [0.15, 0.2) is 0 Å². The highest BCUT2D eigenvalue weighted by atomic mass is 16.5. The number of likely N-dealkylation sites (tertiary alicyclic amines) is 1. The molecule has 1 fully saturated rings. The Hall–Kier alpha value is -1.34. The molecule has 20 heavy (non-hydrogen) atoms. The summed E-state index contributed by atoms with van der Waals surface area (Å²) in [5, 5.41) is 11.7. The molecule has 0 aromatic rings. The highest BCUT2D eigenvalue weighted by Gasteiger charge is 2.27. The fraction of sp³-hybridized carbons (Fsp3) is 0.846. The molecular formula is C13H25N3O4. The molecule has 0 spiro atoms. The zero-order valence-corrected chi connectivity index (χ0v) is 12.3. The molecule has 1 rings (SSSR count). The zero-order valence-electron chi connectivity index (χ0n) is 12.3. The maximum Gasteiger partial charge on any atom is 0.317 e. The standard InChI is InChI=1S/C13H25N3O4/c1-15(2)7-9-20-8-5-14-13(19)16-6-3-4-11(10-16)12(17)18/h11H,3-10H2,1-2H3,(H,14,19)(H,17,18)/t11-/m0/s1. The third kappa shape index (κ3) is 6.21. The SMILES string of the molecule is CN(C)CCOCCNC(=O)N1CCC[C@H](C(=O)O)C1. The summed E-state index contributed by atoms with van der Waals surface area (Å²) < 4.78 is 5.37. The van der Waals surface area contributed by atoms with Crippen molar-refractivity contribution in [3.8, 4) is 0 Å². The summed E-state index contributed by atoms with van der Waals surface area (Å²) in [5.74, 6) is -1.26. The van der Waals surface area contributed by atoms with Crippen LogP contribution in [0.3, 0.4) is 0 Å². The molecule has 116 valence electrons. The number of hydrogen-bond donors (Lipinski definition) is 2. The van der Waals surface area contributed by atoms with E-state index in [9.17, 15) is 9.59 Å². The molecule has 7 nitrogen and oxygen atoms in total. The van der Waals surface area contributed by atoms with Crippen molar-refractivity contribution in [2.24, 2.45) is 5.92 Å². The average Bonchev–Trinajstić information content (AvgIpc) is 2.42. The number of rotatable bonds is 7. The third-order valence-electron chi connectivity index (χ3n) is 3.26. The number of amides is 2. The van der Waals surface area contributed by atoms with Gasteiger partial charge in [0.1, 0.15) is 0 Å². The largest absolute Gasteiger partial charge is 0.481 e. The summed E-state index contributed by atoms with van der Waals surface area (Å²) in [6.45, 7) is 3.31. The minimum atomic E-state index is -0.825. The lowest BCUT2D eigenvalue weighted by atomic mass is 9.99. The first kappa shape index (κ1) is 16.7. The van der Waals surface area contributed by atoms with E-state index in [2.05, 4.69) is 5.32 Å². The van der Waals surface area contributed by atoms with E-state index in [-0.39, 0.29) is 6.03 Å². The van der Waals surface area contributed by atoms with Crippen LogP contribution in [-0.4, -0.2) is 80.4 Å². The normalized spacial score (nSPS) is 19.1. The molecule has 0 bridgehead atoms. The minimum absolute atomic E-state index is 0.202. The Labute approximate surface area is 119 Å². The van der Waals surface area contributed by atoms with Gasteiger partial charge in [-0.3, -0.25) is 4.79 Å². The summed E-state index contributed by atoms with van der Waals surface area (Å²) in [6, 6.07) is -0.202. The van der Waals surface area contributed by atoms with Crippen molar-refractivity contribution in [3.63, 3.8) is 0 Å². The quantitative estimate of drug-likeness (QED) is 0.648. The number of carboxylic acid groups (broad SMARTS) is 1.